The molecule has 2 aromatic rings. The van der Waals surface area contributed by atoms with Crippen LogP contribution >= 0.6 is 0 Å². The Balaban J connectivity index is 2.04. The first-order chi connectivity index (χ1) is 11.7. The topological polar surface area (TPSA) is 66.6 Å². The molecule has 128 valence electrons. The Kier molecular flexibility index (Phi) is 7.23. The van der Waals surface area contributed by atoms with Gasteiger partial charge >= 0.3 is 0 Å². The maximum atomic E-state index is 10.8. The third-order valence-corrected chi connectivity index (χ3v) is 3.98. The van der Waals surface area contributed by atoms with Gasteiger partial charge in [0.15, 0.2) is 0 Å². The number of benzene rings is 2. The highest BCUT2D eigenvalue weighted by Crippen LogP contribution is 2.27. The van der Waals surface area contributed by atoms with Gasteiger partial charge in [-0.05, 0) is 37.1 Å². The zero-order valence-corrected chi connectivity index (χ0v) is 13.8. The van der Waals surface area contributed by atoms with E-state index in [1.165, 1.54) is 0 Å². The van der Waals surface area contributed by atoms with Crippen molar-refractivity contribution in [2.45, 2.75) is 32.1 Å². The third-order valence-electron chi connectivity index (χ3n) is 3.98. The van der Waals surface area contributed by atoms with Crippen LogP contribution in [0.3, 0.4) is 0 Å². The number of rotatable bonds is 10. The van der Waals surface area contributed by atoms with Gasteiger partial charge in [0.25, 0.3) is 5.69 Å². The molecule has 0 amide bonds. The van der Waals surface area contributed by atoms with Gasteiger partial charge in [0.05, 0.1) is 4.92 Å². The summed E-state index contributed by atoms with van der Waals surface area (Å²) in [5.74, 6) is 0. The molecule has 5 nitrogen and oxygen atoms in total. The average molecular weight is 328 g/mol. The Hall–Kier alpha value is -2.40. The van der Waals surface area contributed by atoms with Gasteiger partial charge < -0.3 is 10.0 Å². The normalized spacial score (nSPS) is 10.5. The molecule has 0 heterocycles. The summed E-state index contributed by atoms with van der Waals surface area (Å²) < 4.78 is 0. The van der Waals surface area contributed by atoms with E-state index in [0.29, 0.717) is 0 Å². The van der Waals surface area contributed by atoms with E-state index in [0.717, 1.165) is 50.0 Å². The van der Waals surface area contributed by atoms with Crippen molar-refractivity contribution in [3.63, 3.8) is 0 Å². The Morgan fingerprint density at radius 3 is 2.04 bits per heavy atom. The lowest BCUT2D eigenvalue weighted by molar-refractivity contribution is -0.384. The van der Waals surface area contributed by atoms with Gasteiger partial charge in [-0.15, -0.1) is 0 Å². The quantitative estimate of drug-likeness (QED) is 0.391. The molecule has 0 unspecified atom stereocenters. The van der Waals surface area contributed by atoms with E-state index in [1.54, 1.807) is 24.3 Å². The molecule has 0 aromatic heterocycles. The molecule has 0 spiro atoms. The molecule has 2 aromatic carbocycles. The van der Waals surface area contributed by atoms with E-state index in [2.05, 4.69) is 4.90 Å². The first-order valence-corrected chi connectivity index (χ1v) is 8.40. The molecule has 0 aliphatic rings. The third kappa shape index (κ3) is 5.35. The molecule has 2 rings (SSSR count). The van der Waals surface area contributed by atoms with E-state index in [4.69, 9.17) is 5.11 Å². The van der Waals surface area contributed by atoms with Crippen LogP contribution in [0.1, 0.15) is 32.1 Å². The van der Waals surface area contributed by atoms with Crippen molar-refractivity contribution >= 4 is 17.1 Å². The molecule has 0 aliphatic carbocycles. The summed E-state index contributed by atoms with van der Waals surface area (Å²) >= 11 is 0. The second kappa shape index (κ2) is 9.67. The summed E-state index contributed by atoms with van der Waals surface area (Å²) in [7, 11) is 0. The van der Waals surface area contributed by atoms with Crippen molar-refractivity contribution in [3.05, 3.63) is 64.7 Å². The van der Waals surface area contributed by atoms with Crippen molar-refractivity contribution in [1.29, 1.82) is 0 Å². The number of non-ortho nitro benzene ring substituents is 1. The molecule has 5 heteroatoms. The molecule has 0 saturated carbocycles. The van der Waals surface area contributed by atoms with Gasteiger partial charge in [-0.3, -0.25) is 10.1 Å². The number of aliphatic hydroxyl groups is 1. The molecule has 0 bridgehead atoms. The van der Waals surface area contributed by atoms with Crippen LogP contribution in [0.5, 0.6) is 0 Å². The number of para-hydroxylation sites is 1. The van der Waals surface area contributed by atoms with E-state index >= 15 is 0 Å². The van der Waals surface area contributed by atoms with Crippen molar-refractivity contribution in [3.8, 4) is 0 Å². The molecule has 0 radical (unpaired) electrons. The average Bonchev–Trinajstić information content (AvgIpc) is 2.62. The Morgan fingerprint density at radius 2 is 1.42 bits per heavy atom. The summed E-state index contributed by atoms with van der Waals surface area (Å²) in [6.45, 7) is 1.12. The maximum Gasteiger partial charge on any atom is 0.269 e. The van der Waals surface area contributed by atoms with Crippen LogP contribution in [0.2, 0.25) is 0 Å². The highest BCUT2D eigenvalue weighted by Gasteiger charge is 2.11. The number of anilines is 2. The van der Waals surface area contributed by atoms with E-state index < -0.39 is 0 Å². The SMILES string of the molecule is O=[N+]([O-])c1ccc(N(CCCCCCCO)c2ccccc2)cc1. The standard InChI is InChI=1S/C19H24N2O3/c22-16-8-3-1-2-7-15-20(17-9-5-4-6-10-17)18-11-13-19(14-12-18)21(23)24/h4-6,9-14,22H,1-3,7-8,15-16H2. The molecule has 0 fully saturated rings. The summed E-state index contributed by atoms with van der Waals surface area (Å²) in [4.78, 5) is 12.6. The molecular weight excluding hydrogens is 304 g/mol. The zero-order valence-electron chi connectivity index (χ0n) is 13.8. The second-order valence-electron chi connectivity index (χ2n) is 5.75. The van der Waals surface area contributed by atoms with Gasteiger partial charge in [0, 0.05) is 36.7 Å². The van der Waals surface area contributed by atoms with E-state index in [-0.39, 0.29) is 17.2 Å². The predicted octanol–water partition coefficient (Wildman–Crippen LogP) is 4.68. The van der Waals surface area contributed by atoms with Crippen LogP contribution in [0.4, 0.5) is 17.1 Å². The number of nitro groups is 1. The van der Waals surface area contributed by atoms with Gasteiger partial charge in [0.1, 0.15) is 0 Å². The monoisotopic (exact) mass is 328 g/mol. The van der Waals surface area contributed by atoms with Crippen LogP contribution in [0.25, 0.3) is 0 Å². The fourth-order valence-electron chi connectivity index (χ4n) is 2.68. The summed E-state index contributed by atoms with van der Waals surface area (Å²) in [6.07, 6.45) is 5.18. The van der Waals surface area contributed by atoms with Gasteiger partial charge in [-0.25, -0.2) is 0 Å². The smallest absolute Gasteiger partial charge is 0.269 e. The number of hydrogen-bond acceptors (Lipinski definition) is 4. The molecule has 24 heavy (non-hydrogen) atoms. The summed E-state index contributed by atoms with van der Waals surface area (Å²) in [6, 6.07) is 16.8. The summed E-state index contributed by atoms with van der Waals surface area (Å²) in [5, 5.41) is 19.6. The lowest BCUT2D eigenvalue weighted by Gasteiger charge is -2.25. The van der Waals surface area contributed by atoms with Gasteiger partial charge in [0.2, 0.25) is 0 Å². The minimum atomic E-state index is -0.377. The predicted molar refractivity (Wildman–Crippen MR) is 96.7 cm³/mol. The fraction of sp³-hybridized carbons (Fsp3) is 0.368. The molecular formula is C19H24N2O3. The Morgan fingerprint density at radius 1 is 0.833 bits per heavy atom. The van der Waals surface area contributed by atoms with Crippen molar-refractivity contribution in [1.82, 2.24) is 0 Å². The Labute approximate surface area is 142 Å². The van der Waals surface area contributed by atoms with Crippen LogP contribution in [-0.4, -0.2) is 23.2 Å². The number of nitro benzene ring substituents is 1. The highest BCUT2D eigenvalue weighted by molar-refractivity contribution is 5.64. The van der Waals surface area contributed by atoms with Crippen LogP contribution in [0.15, 0.2) is 54.6 Å². The number of unbranched alkanes of at least 4 members (excludes halogenated alkanes) is 4. The first kappa shape index (κ1) is 17.9. The highest BCUT2D eigenvalue weighted by atomic mass is 16.6. The molecule has 0 atom stereocenters. The van der Waals surface area contributed by atoms with Crippen LogP contribution in [-0.2, 0) is 0 Å². The molecule has 0 aliphatic heterocycles. The number of nitrogens with zero attached hydrogens (tertiary/aromatic N) is 2. The second-order valence-corrected chi connectivity index (χ2v) is 5.75. The lowest BCUT2D eigenvalue weighted by Crippen LogP contribution is -2.18. The van der Waals surface area contributed by atoms with Crippen molar-refractivity contribution in [2.24, 2.45) is 0 Å². The molecule has 1 N–H and O–H groups in total. The Bertz CT molecular complexity index is 614. The number of aliphatic hydroxyl groups excluding tert-OH is 1. The van der Waals surface area contributed by atoms with Crippen molar-refractivity contribution in [2.75, 3.05) is 18.1 Å². The minimum Gasteiger partial charge on any atom is -0.396 e. The minimum absolute atomic E-state index is 0.107. The lowest BCUT2D eigenvalue weighted by atomic mass is 10.1. The van der Waals surface area contributed by atoms with Crippen LogP contribution < -0.4 is 4.90 Å². The van der Waals surface area contributed by atoms with E-state index in [1.807, 2.05) is 30.3 Å². The van der Waals surface area contributed by atoms with E-state index in [9.17, 15) is 10.1 Å². The van der Waals surface area contributed by atoms with Crippen molar-refractivity contribution < 1.29 is 10.0 Å². The number of hydrogen-bond donors (Lipinski definition) is 1. The summed E-state index contributed by atoms with van der Waals surface area (Å²) in [5.41, 5.74) is 2.15. The van der Waals surface area contributed by atoms with Gasteiger partial charge in [-0.1, -0.05) is 37.5 Å². The van der Waals surface area contributed by atoms with Gasteiger partial charge in [-0.2, -0.15) is 0 Å². The maximum absolute atomic E-state index is 10.8. The van der Waals surface area contributed by atoms with Crippen LogP contribution in [0, 0.1) is 10.1 Å². The largest absolute Gasteiger partial charge is 0.396 e. The first-order valence-electron chi connectivity index (χ1n) is 8.40. The fourth-order valence-corrected chi connectivity index (χ4v) is 2.68. The zero-order chi connectivity index (χ0) is 17.2. The molecule has 0 saturated heterocycles.